The second-order valence-electron chi connectivity index (χ2n) is 5.19. The molecule has 2 heterocycles. The number of carbonyl (C=O) groups excluding carboxylic acids is 1. The number of hydrogen-bond donors (Lipinski definition) is 1. The number of benzene rings is 1. The van der Waals surface area contributed by atoms with Gasteiger partial charge in [-0.25, -0.2) is 9.48 Å². The third kappa shape index (κ3) is 2.64. The van der Waals surface area contributed by atoms with Gasteiger partial charge in [0.05, 0.1) is 36.0 Å². The molecule has 0 saturated carbocycles. The molecular formula is C17H17N3O4. The zero-order chi connectivity index (χ0) is 17.3. The Morgan fingerprint density at radius 1 is 1.29 bits per heavy atom. The van der Waals surface area contributed by atoms with Gasteiger partial charge >= 0.3 is 5.97 Å². The van der Waals surface area contributed by atoms with E-state index in [1.165, 1.54) is 6.07 Å². The SMILES string of the molecule is CCOC(=O)c1cc(=O)[nH]c2c1c(C)nn2-c1ccc(OC)cc1. The average Bonchev–Trinajstić information content (AvgIpc) is 2.91. The van der Waals surface area contributed by atoms with Gasteiger partial charge in [-0.3, -0.25) is 4.79 Å². The van der Waals surface area contributed by atoms with Crippen LogP contribution >= 0.6 is 0 Å². The third-order valence-electron chi connectivity index (χ3n) is 3.66. The Kier molecular flexibility index (Phi) is 4.07. The highest BCUT2D eigenvalue weighted by atomic mass is 16.5. The van der Waals surface area contributed by atoms with Gasteiger partial charge in [0, 0.05) is 6.07 Å². The largest absolute Gasteiger partial charge is 0.497 e. The molecule has 0 atom stereocenters. The number of pyridine rings is 1. The lowest BCUT2D eigenvalue weighted by molar-refractivity contribution is 0.0528. The molecule has 0 saturated heterocycles. The van der Waals surface area contributed by atoms with Crippen LogP contribution in [0.15, 0.2) is 35.1 Å². The average molecular weight is 327 g/mol. The number of aromatic nitrogens is 3. The Morgan fingerprint density at radius 2 is 2.00 bits per heavy atom. The maximum Gasteiger partial charge on any atom is 0.339 e. The summed E-state index contributed by atoms with van der Waals surface area (Å²) in [5.41, 5.74) is 1.65. The van der Waals surface area contributed by atoms with E-state index in [9.17, 15) is 9.59 Å². The number of hydrogen-bond acceptors (Lipinski definition) is 5. The Bertz CT molecular complexity index is 954. The first-order chi connectivity index (χ1) is 11.5. The van der Waals surface area contributed by atoms with Crippen LogP contribution < -0.4 is 10.3 Å². The van der Waals surface area contributed by atoms with Crippen LogP contribution in [0.2, 0.25) is 0 Å². The van der Waals surface area contributed by atoms with Gasteiger partial charge in [0.25, 0.3) is 0 Å². The van der Waals surface area contributed by atoms with Crippen molar-refractivity contribution in [3.63, 3.8) is 0 Å². The molecule has 124 valence electrons. The van der Waals surface area contributed by atoms with Crippen molar-refractivity contribution in [2.45, 2.75) is 13.8 Å². The fourth-order valence-electron chi connectivity index (χ4n) is 2.60. The normalized spacial score (nSPS) is 10.8. The lowest BCUT2D eigenvalue weighted by Gasteiger charge is -2.06. The predicted octanol–water partition coefficient (Wildman–Crippen LogP) is 2.21. The van der Waals surface area contributed by atoms with Crippen LogP contribution in [0.25, 0.3) is 16.7 Å². The van der Waals surface area contributed by atoms with Gasteiger partial charge in [0.2, 0.25) is 5.56 Å². The molecule has 0 aliphatic heterocycles. The molecule has 0 bridgehead atoms. The molecule has 1 aromatic carbocycles. The molecule has 0 aliphatic carbocycles. The molecular weight excluding hydrogens is 310 g/mol. The van der Waals surface area contributed by atoms with E-state index in [0.29, 0.717) is 22.5 Å². The monoisotopic (exact) mass is 327 g/mol. The van der Waals surface area contributed by atoms with Gasteiger partial charge in [-0.15, -0.1) is 0 Å². The van der Waals surface area contributed by atoms with Crippen LogP contribution in [0.5, 0.6) is 5.75 Å². The van der Waals surface area contributed by atoms with Gasteiger partial charge in [0.1, 0.15) is 11.4 Å². The van der Waals surface area contributed by atoms with Gasteiger partial charge < -0.3 is 14.5 Å². The number of nitrogens with one attached hydrogen (secondary N) is 1. The molecule has 0 fully saturated rings. The number of H-pyrrole nitrogens is 1. The number of ether oxygens (including phenoxy) is 2. The summed E-state index contributed by atoms with van der Waals surface area (Å²) < 4.78 is 11.8. The summed E-state index contributed by atoms with van der Waals surface area (Å²) in [6.07, 6.45) is 0. The van der Waals surface area contributed by atoms with E-state index in [2.05, 4.69) is 10.1 Å². The van der Waals surface area contributed by atoms with Crippen LogP contribution in [0, 0.1) is 6.92 Å². The van der Waals surface area contributed by atoms with Gasteiger partial charge in [-0.05, 0) is 38.1 Å². The summed E-state index contributed by atoms with van der Waals surface area (Å²) in [6, 6.07) is 8.48. The van der Waals surface area contributed by atoms with Crippen LogP contribution in [-0.2, 0) is 4.74 Å². The summed E-state index contributed by atoms with van der Waals surface area (Å²) in [5, 5.41) is 5.03. The quantitative estimate of drug-likeness (QED) is 0.743. The van der Waals surface area contributed by atoms with Crippen molar-refractivity contribution in [3.05, 3.63) is 51.9 Å². The molecule has 7 nitrogen and oxygen atoms in total. The molecule has 0 unspecified atom stereocenters. The first kappa shape index (κ1) is 15.8. The van der Waals surface area contributed by atoms with E-state index in [1.54, 1.807) is 37.8 Å². The first-order valence-electron chi connectivity index (χ1n) is 7.49. The van der Waals surface area contributed by atoms with Crippen molar-refractivity contribution in [1.29, 1.82) is 0 Å². The van der Waals surface area contributed by atoms with Crippen LogP contribution in [0.4, 0.5) is 0 Å². The molecule has 7 heteroatoms. The Balaban J connectivity index is 2.24. The minimum absolute atomic E-state index is 0.216. The highest BCUT2D eigenvalue weighted by Crippen LogP contribution is 2.24. The fourth-order valence-corrected chi connectivity index (χ4v) is 2.60. The molecule has 1 N–H and O–H groups in total. The van der Waals surface area contributed by atoms with Gasteiger partial charge in [-0.2, -0.15) is 5.10 Å². The van der Waals surface area contributed by atoms with Gasteiger partial charge in [-0.1, -0.05) is 0 Å². The van der Waals surface area contributed by atoms with E-state index in [0.717, 1.165) is 5.69 Å². The molecule has 3 aromatic rings. The van der Waals surface area contributed by atoms with E-state index in [1.807, 2.05) is 12.1 Å². The predicted molar refractivity (Wildman–Crippen MR) is 88.9 cm³/mol. The maximum absolute atomic E-state index is 12.2. The smallest absolute Gasteiger partial charge is 0.339 e. The summed E-state index contributed by atoms with van der Waals surface area (Å²) in [4.78, 5) is 26.9. The number of fused-ring (bicyclic) bond motifs is 1. The number of rotatable bonds is 4. The number of esters is 1. The molecule has 0 radical (unpaired) electrons. The summed E-state index contributed by atoms with van der Waals surface area (Å²) in [6.45, 7) is 3.73. The Hall–Kier alpha value is -3.09. The first-order valence-corrected chi connectivity index (χ1v) is 7.49. The lowest BCUT2D eigenvalue weighted by atomic mass is 10.1. The van der Waals surface area contributed by atoms with Crippen LogP contribution in [0.3, 0.4) is 0 Å². The molecule has 0 aliphatic rings. The third-order valence-corrected chi connectivity index (χ3v) is 3.66. The molecule has 0 amide bonds. The molecule has 0 spiro atoms. The minimum Gasteiger partial charge on any atom is -0.497 e. The zero-order valence-electron chi connectivity index (χ0n) is 13.6. The number of aromatic amines is 1. The summed E-state index contributed by atoms with van der Waals surface area (Å²) in [7, 11) is 1.59. The fraction of sp³-hybridized carbons (Fsp3) is 0.235. The highest BCUT2D eigenvalue weighted by molar-refractivity contribution is 6.03. The van der Waals surface area contributed by atoms with Crippen molar-refractivity contribution < 1.29 is 14.3 Å². The van der Waals surface area contributed by atoms with E-state index >= 15 is 0 Å². The number of aryl methyl sites for hydroxylation is 1. The highest BCUT2D eigenvalue weighted by Gasteiger charge is 2.19. The van der Waals surface area contributed by atoms with Crippen molar-refractivity contribution in [1.82, 2.24) is 14.8 Å². The second kappa shape index (κ2) is 6.19. The van der Waals surface area contributed by atoms with Gasteiger partial charge in [0.15, 0.2) is 0 Å². The van der Waals surface area contributed by atoms with E-state index in [4.69, 9.17) is 9.47 Å². The van der Waals surface area contributed by atoms with E-state index in [-0.39, 0.29) is 17.7 Å². The van der Waals surface area contributed by atoms with Crippen molar-refractivity contribution >= 4 is 17.0 Å². The summed E-state index contributed by atoms with van der Waals surface area (Å²) in [5.74, 6) is 0.179. The number of nitrogens with zero attached hydrogens (tertiary/aromatic N) is 2. The molecule has 3 rings (SSSR count). The van der Waals surface area contributed by atoms with Crippen LogP contribution in [-0.4, -0.2) is 34.5 Å². The second-order valence-corrected chi connectivity index (χ2v) is 5.19. The Labute approximate surface area is 137 Å². The van der Waals surface area contributed by atoms with Crippen molar-refractivity contribution in [2.75, 3.05) is 13.7 Å². The maximum atomic E-state index is 12.2. The number of methoxy groups -OCH3 is 1. The zero-order valence-corrected chi connectivity index (χ0v) is 13.6. The Morgan fingerprint density at radius 3 is 2.62 bits per heavy atom. The molecule has 2 aromatic heterocycles. The topological polar surface area (TPSA) is 86.2 Å². The van der Waals surface area contributed by atoms with Crippen LogP contribution in [0.1, 0.15) is 23.0 Å². The standard InChI is InChI=1S/C17H17N3O4/c1-4-24-17(22)13-9-14(21)18-16-15(13)10(2)19-20(16)11-5-7-12(23-3)8-6-11/h5-9H,4H2,1-3H3,(H,18,21). The minimum atomic E-state index is -0.536. The van der Waals surface area contributed by atoms with Crippen molar-refractivity contribution in [2.24, 2.45) is 0 Å². The molecule has 24 heavy (non-hydrogen) atoms. The van der Waals surface area contributed by atoms with E-state index < -0.39 is 5.97 Å². The summed E-state index contributed by atoms with van der Waals surface area (Å²) >= 11 is 0. The van der Waals surface area contributed by atoms with Crippen molar-refractivity contribution in [3.8, 4) is 11.4 Å². The number of carbonyl (C=O) groups is 1. The lowest BCUT2D eigenvalue weighted by Crippen LogP contribution is -2.13.